The summed E-state index contributed by atoms with van der Waals surface area (Å²) in [6.07, 6.45) is 1.18. The molecule has 7 nitrogen and oxygen atoms in total. The average molecular weight is 465 g/mol. The summed E-state index contributed by atoms with van der Waals surface area (Å²) in [6, 6.07) is 15.6. The number of carbonyl (C=O) groups is 3. The van der Waals surface area contributed by atoms with Gasteiger partial charge in [0.25, 0.3) is 0 Å². The highest BCUT2D eigenvalue weighted by atomic mass is 16.5. The first kappa shape index (κ1) is 23.8. The van der Waals surface area contributed by atoms with Gasteiger partial charge in [0.2, 0.25) is 5.91 Å². The van der Waals surface area contributed by atoms with Crippen LogP contribution in [0, 0.1) is 17.8 Å². The zero-order chi connectivity index (χ0) is 24.2. The lowest BCUT2D eigenvalue weighted by Gasteiger charge is -2.35. The highest BCUT2D eigenvalue weighted by Crippen LogP contribution is 2.44. The van der Waals surface area contributed by atoms with E-state index < -0.39 is 18.1 Å². The monoisotopic (exact) mass is 464 g/mol. The number of alkyl carbamates (subject to hydrolysis) is 1. The van der Waals surface area contributed by atoms with Crippen LogP contribution in [0.4, 0.5) is 4.79 Å². The molecule has 1 saturated carbocycles. The lowest BCUT2D eigenvalue weighted by atomic mass is 9.73. The smallest absolute Gasteiger partial charge is 0.407 e. The molecule has 1 fully saturated rings. The molecule has 0 spiro atoms. The number of rotatable bonds is 9. The number of amides is 2. The van der Waals surface area contributed by atoms with E-state index in [9.17, 15) is 14.4 Å². The molecular weight excluding hydrogens is 432 g/mol. The molecule has 3 N–H and O–H groups in total. The predicted molar refractivity (Wildman–Crippen MR) is 128 cm³/mol. The Morgan fingerprint density at radius 3 is 2.12 bits per heavy atom. The maximum absolute atomic E-state index is 12.7. The largest absolute Gasteiger partial charge is 0.481 e. The fourth-order valence-corrected chi connectivity index (χ4v) is 5.11. The summed E-state index contributed by atoms with van der Waals surface area (Å²) in [4.78, 5) is 36.1. The Labute approximate surface area is 199 Å². The number of carboxylic acid groups (broad SMARTS) is 1. The Balaban J connectivity index is 1.29. The van der Waals surface area contributed by atoms with Gasteiger partial charge in [-0.3, -0.25) is 9.59 Å². The molecule has 4 rings (SSSR count). The van der Waals surface area contributed by atoms with Gasteiger partial charge in [-0.15, -0.1) is 0 Å². The highest BCUT2D eigenvalue weighted by molar-refractivity contribution is 5.86. The van der Waals surface area contributed by atoms with Crippen molar-refractivity contribution in [2.75, 3.05) is 13.2 Å². The van der Waals surface area contributed by atoms with Crippen LogP contribution in [0.1, 0.15) is 50.2 Å². The summed E-state index contributed by atoms with van der Waals surface area (Å²) in [5.41, 5.74) is 4.59. The maximum Gasteiger partial charge on any atom is 0.407 e. The van der Waals surface area contributed by atoms with Gasteiger partial charge in [-0.1, -0.05) is 62.4 Å². The first-order chi connectivity index (χ1) is 16.3. The molecule has 0 bridgehead atoms. The first-order valence-electron chi connectivity index (χ1n) is 11.9. The van der Waals surface area contributed by atoms with E-state index >= 15 is 0 Å². The van der Waals surface area contributed by atoms with Gasteiger partial charge >= 0.3 is 12.1 Å². The van der Waals surface area contributed by atoms with Crippen LogP contribution >= 0.6 is 0 Å². The second kappa shape index (κ2) is 10.3. The number of carboxylic acids is 1. The minimum absolute atomic E-state index is 0.0400. The Hall–Kier alpha value is -3.35. The van der Waals surface area contributed by atoms with Crippen molar-refractivity contribution in [3.63, 3.8) is 0 Å². The van der Waals surface area contributed by atoms with Crippen molar-refractivity contribution in [2.24, 2.45) is 17.8 Å². The molecule has 0 radical (unpaired) electrons. The normalized spacial score (nSPS) is 19.5. The third kappa shape index (κ3) is 5.24. The fraction of sp³-hybridized carbons (Fsp3) is 0.444. The Morgan fingerprint density at radius 1 is 0.971 bits per heavy atom. The van der Waals surface area contributed by atoms with Crippen molar-refractivity contribution < 1.29 is 24.2 Å². The molecule has 2 aliphatic carbocycles. The Bertz CT molecular complexity index is 1010. The van der Waals surface area contributed by atoms with Gasteiger partial charge in [-0.05, 0) is 52.8 Å². The number of carbonyl (C=O) groups excluding carboxylic acids is 2. The quantitative estimate of drug-likeness (QED) is 0.517. The van der Waals surface area contributed by atoms with Gasteiger partial charge in [0.1, 0.15) is 12.6 Å². The minimum Gasteiger partial charge on any atom is -0.481 e. The number of fused-ring (bicyclic) bond motifs is 3. The average Bonchev–Trinajstić information content (AvgIpc) is 3.10. The van der Waals surface area contributed by atoms with E-state index in [1.807, 2.05) is 38.1 Å². The first-order valence-corrected chi connectivity index (χ1v) is 11.9. The van der Waals surface area contributed by atoms with E-state index in [-0.39, 0.29) is 42.6 Å². The van der Waals surface area contributed by atoms with Gasteiger partial charge in [-0.2, -0.15) is 0 Å². The van der Waals surface area contributed by atoms with Crippen molar-refractivity contribution in [3.8, 4) is 11.1 Å². The van der Waals surface area contributed by atoms with E-state index in [0.717, 1.165) is 35.1 Å². The molecule has 2 amide bonds. The zero-order valence-corrected chi connectivity index (χ0v) is 19.6. The maximum atomic E-state index is 12.7. The molecule has 2 aromatic rings. The lowest BCUT2D eigenvalue weighted by molar-refractivity contribution is -0.139. The molecule has 1 atom stereocenters. The molecule has 0 saturated heterocycles. The third-order valence-electron chi connectivity index (χ3n) is 6.93. The summed E-state index contributed by atoms with van der Waals surface area (Å²) in [5, 5.41) is 14.5. The van der Waals surface area contributed by atoms with Gasteiger partial charge in [-0.25, -0.2) is 4.79 Å². The molecule has 7 heteroatoms. The summed E-state index contributed by atoms with van der Waals surface area (Å²) in [5.74, 6) is -0.692. The minimum atomic E-state index is -0.778. The van der Waals surface area contributed by atoms with Gasteiger partial charge < -0.3 is 20.5 Å². The zero-order valence-electron chi connectivity index (χ0n) is 19.6. The molecule has 34 heavy (non-hydrogen) atoms. The van der Waals surface area contributed by atoms with Crippen LogP contribution in [0.5, 0.6) is 0 Å². The molecule has 2 aromatic carbocycles. The van der Waals surface area contributed by atoms with Gasteiger partial charge in [0.05, 0.1) is 0 Å². The Morgan fingerprint density at radius 2 is 1.56 bits per heavy atom. The molecule has 0 aromatic heterocycles. The SMILES string of the molecule is CC(C)[C@H](NC(=O)OCC1c2ccccc2-c2ccccc21)C(=O)NCC1CC(CC(=O)O)C1. The second-order valence-corrected chi connectivity index (χ2v) is 9.74. The molecule has 2 aliphatic rings. The van der Waals surface area contributed by atoms with Crippen molar-refractivity contribution in [3.05, 3.63) is 59.7 Å². The second-order valence-electron chi connectivity index (χ2n) is 9.74. The topological polar surface area (TPSA) is 105 Å². The molecule has 0 heterocycles. The van der Waals surface area contributed by atoms with E-state index in [4.69, 9.17) is 9.84 Å². The number of aliphatic carboxylic acids is 1. The van der Waals surface area contributed by atoms with Crippen molar-refractivity contribution in [1.29, 1.82) is 0 Å². The van der Waals surface area contributed by atoms with E-state index in [2.05, 4.69) is 34.9 Å². The number of hydrogen-bond acceptors (Lipinski definition) is 4. The van der Waals surface area contributed by atoms with Crippen molar-refractivity contribution in [1.82, 2.24) is 10.6 Å². The predicted octanol–water partition coefficient (Wildman–Crippen LogP) is 4.17. The number of nitrogens with one attached hydrogen (secondary N) is 2. The van der Waals surface area contributed by atoms with Crippen LogP contribution in [0.2, 0.25) is 0 Å². The van der Waals surface area contributed by atoms with Gasteiger partial charge in [0.15, 0.2) is 0 Å². The van der Waals surface area contributed by atoms with E-state index in [1.165, 1.54) is 0 Å². The van der Waals surface area contributed by atoms with E-state index in [0.29, 0.717) is 6.54 Å². The highest BCUT2D eigenvalue weighted by Gasteiger charge is 2.33. The van der Waals surface area contributed by atoms with Crippen LogP contribution in [0.25, 0.3) is 11.1 Å². The third-order valence-corrected chi connectivity index (χ3v) is 6.93. The van der Waals surface area contributed by atoms with Crippen molar-refractivity contribution in [2.45, 2.75) is 45.1 Å². The molecule has 0 unspecified atom stereocenters. The van der Waals surface area contributed by atoms with Crippen LogP contribution in [-0.4, -0.2) is 42.3 Å². The van der Waals surface area contributed by atoms with Crippen LogP contribution < -0.4 is 10.6 Å². The van der Waals surface area contributed by atoms with E-state index in [1.54, 1.807) is 0 Å². The Kier molecular flexibility index (Phi) is 7.20. The number of hydrogen-bond donors (Lipinski definition) is 3. The van der Waals surface area contributed by atoms with Gasteiger partial charge in [0, 0.05) is 18.9 Å². The molecular formula is C27H32N2O5. The van der Waals surface area contributed by atoms with Crippen LogP contribution in [-0.2, 0) is 14.3 Å². The number of benzene rings is 2. The van der Waals surface area contributed by atoms with Crippen LogP contribution in [0.15, 0.2) is 48.5 Å². The summed E-state index contributed by atoms with van der Waals surface area (Å²) < 4.78 is 5.59. The lowest BCUT2D eigenvalue weighted by Crippen LogP contribution is -2.51. The fourth-order valence-electron chi connectivity index (χ4n) is 5.11. The summed E-state index contributed by atoms with van der Waals surface area (Å²) in [7, 11) is 0. The standard InChI is InChI=1S/C27H32N2O5/c1-16(2)25(26(32)28-14-18-11-17(12-18)13-24(30)31)29-27(33)34-15-23-21-9-5-3-7-19(21)20-8-4-6-10-22(20)23/h3-10,16-18,23,25H,11-15H2,1-2H3,(H,28,32)(H,29,33)(H,30,31)/t17?,18?,25-/m0/s1. The number of ether oxygens (including phenoxy) is 1. The summed E-state index contributed by atoms with van der Waals surface area (Å²) >= 11 is 0. The molecule has 0 aliphatic heterocycles. The molecule has 180 valence electrons. The van der Waals surface area contributed by atoms with Crippen LogP contribution in [0.3, 0.4) is 0 Å². The van der Waals surface area contributed by atoms with Crippen molar-refractivity contribution >= 4 is 18.0 Å². The summed E-state index contributed by atoms with van der Waals surface area (Å²) in [6.45, 7) is 4.43.